The predicted molar refractivity (Wildman–Crippen MR) is 88.7 cm³/mol. The van der Waals surface area contributed by atoms with Crippen LogP contribution in [0.5, 0.6) is 0 Å². The van der Waals surface area contributed by atoms with Crippen LogP contribution in [0.1, 0.15) is 64.7 Å². The molecule has 4 bridgehead atoms. The van der Waals surface area contributed by atoms with Gasteiger partial charge in [0, 0.05) is 25.6 Å². The molecule has 3 unspecified atom stereocenters. The maximum absolute atomic E-state index is 13.3. The van der Waals surface area contributed by atoms with E-state index in [4.69, 9.17) is 0 Å². The standard InChI is InChI=1S/C19H30N2O2/c1-2-4-18(22)20-6-3-5-17(20)19(23)21-12-15-8-13-7-14(9-15)11-16(21)10-13/h13-17H,2-12H2,1H3. The molecule has 4 heteroatoms. The first-order valence-electron chi connectivity index (χ1n) is 9.75. The van der Waals surface area contributed by atoms with E-state index >= 15 is 0 Å². The monoisotopic (exact) mass is 318 g/mol. The van der Waals surface area contributed by atoms with Gasteiger partial charge in [-0.3, -0.25) is 9.59 Å². The van der Waals surface area contributed by atoms with E-state index in [2.05, 4.69) is 4.90 Å². The number of carbonyl (C=O) groups is 2. The quantitative estimate of drug-likeness (QED) is 0.803. The molecule has 23 heavy (non-hydrogen) atoms. The van der Waals surface area contributed by atoms with Crippen molar-refractivity contribution < 1.29 is 9.59 Å². The molecule has 5 rings (SSSR count). The zero-order valence-corrected chi connectivity index (χ0v) is 14.4. The van der Waals surface area contributed by atoms with Crippen molar-refractivity contribution in [3.63, 3.8) is 0 Å². The molecule has 0 aromatic heterocycles. The number of rotatable bonds is 3. The Kier molecular flexibility index (Phi) is 4.10. The molecule has 0 radical (unpaired) electrons. The topological polar surface area (TPSA) is 40.6 Å². The number of nitrogens with zero attached hydrogens (tertiary/aromatic N) is 2. The molecule has 3 saturated heterocycles. The normalized spacial score (nSPS) is 38.9. The van der Waals surface area contributed by atoms with Crippen molar-refractivity contribution >= 4 is 11.8 Å². The molecule has 2 amide bonds. The van der Waals surface area contributed by atoms with Crippen molar-refractivity contribution in [2.24, 2.45) is 17.8 Å². The molecular formula is C19H30N2O2. The third-order valence-electron chi connectivity index (χ3n) is 6.71. The zero-order valence-electron chi connectivity index (χ0n) is 14.4. The molecule has 0 aromatic carbocycles. The molecule has 2 saturated carbocycles. The summed E-state index contributed by atoms with van der Waals surface area (Å²) in [7, 11) is 0. The predicted octanol–water partition coefficient (Wildman–Crippen LogP) is 2.81. The van der Waals surface area contributed by atoms with Gasteiger partial charge in [-0.15, -0.1) is 0 Å². The minimum atomic E-state index is -0.162. The molecule has 5 aliphatic rings. The SMILES string of the molecule is CCCC(=O)N1CCCC1C(=O)N1CC2CC3CC(C2)CC1C3. The third kappa shape index (κ3) is 2.78. The van der Waals surface area contributed by atoms with Crippen LogP contribution in [0.3, 0.4) is 0 Å². The summed E-state index contributed by atoms with van der Waals surface area (Å²) in [5.41, 5.74) is 0. The largest absolute Gasteiger partial charge is 0.338 e. The second kappa shape index (κ2) is 6.10. The van der Waals surface area contributed by atoms with Crippen molar-refractivity contribution in [2.75, 3.05) is 13.1 Å². The van der Waals surface area contributed by atoms with Gasteiger partial charge in [-0.25, -0.2) is 0 Å². The van der Waals surface area contributed by atoms with Gasteiger partial charge in [0.2, 0.25) is 11.8 Å². The summed E-state index contributed by atoms with van der Waals surface area (Å²) in [6.07, 6.45) is 9.81. The number of likely N-dealkylation sites (tertiary alicyclic amines) is 1. The number of carbonyl (C=O) groups excluding carboxylic acids is 2. The van der Waals surface area contributed by atoms with Crippen LogP contribution in [0.4, 0.5) is 0 Å². The van der Waals surface area contributed by atoms with Gasteiger partial charge < -0.3 is 9.80 Å². The minimum Gasteiger partial charge on any atom is -0.338 e. The molecule has 128 valence electrons. The summed E-state index contributed by atoms with van der Waals surface area (Å²) in [4.78, 5) is 29.7. The molecule has 3 heterocycles. The fourth-order valence-corrected chi connectivity index (χ4v) is 5.93. The lowest BCUT2D eigenvalue weighted by Crippen LogP contribution is -2.51. The van der Waals surface area contributed by atoms with Crippen molar-refractivity contribution in [1.29, 1.82) is 0 Å². The average molecular weight is 318 g/mol. The molecule has 0 aromatic rings. The zero-order chi connectivity index (χ0) is 16.0. The van der Waals surface area contributed by atoms with Crippen LogP contribution < -0.4 is 0 Å². The van der Waals surface area contributed by atoms with Crippen LogP contribution in [0.15, 0.2) is 0 Å². The van der Waals surface area contributed by atoms with Crippen LogP contribution in [0, 0.1) is 17.8 Å². The molecular weight excluding hydrogens is 288 g/mol. The first-order valence-corrected chi connectivity index (χ1v) is 9.75. The Bertz CT molecular complexity index is 478. The highest BCUT2D eigenvalue weighted by molar-refractivity contribution is 5.88. The van der Waals surface area contributed by atoms with Gasteiger partial charge in [0.05, 0.1) is 0 Å². The van der Waals surface area contributed by atoms with Crippen molar-refractivity contribution in [3.05, 3.63) is 0 Å². The first kappa shape index (κ1) is 15.5. The van der Waals surface area contributed by atoms with Crippen LogP contribution in [0.2, 0.25) is 0 Å². The van der Waals surface area contributed by atoms with Gasteiger partial charge in [0.1, 0.15) is 6.04 Å². The summed E-state index contributed by atoms with van der Waals surface area (Å²) < 4.78 is 0. The Morgan fingerprint density at radius 3 is 2.35 bits per heavy atom. The van der Waals surface area contributed by atoms with E-state index < -0.39 is 0 Å². The van der Waals surface area contributed by atoms with Gasteiger partial charge >= 0.3 is 0 Å². The summed E-state index contributed by atoms with van der Waals surface area (Å²) in [5, 5.41) is 0. The smallest absolute Gasteiger partial charge is 0.245 e. The number of amides is 2. The van der Waals surface area contributed by atoms with Gasteiger partial charge in [-0.2, -0.15) is 0 Å². The lowest BCUT2D eigenvalue weighted by atomic mass is 9.68. The minimum absolute atomic E-state index is 0.162. The summed E-state index contributed by atoms with van der Waals surface area (Å²) in [6.45, 7) is 3.78. The van der Waals surface area contributed by atoms with Crippen molar-refractivity contribution in [1.82, 2.24) is 9.80 Å². The molecule has 5 fully saturated rings. The van der Waals surface area contributed by atoms with Gasteiger partial charge in [0.15, 0.2) is 0 Å². The van der Waals surface area contributed by atoms with Crippen LogP contribution >= 0.6 is 0 Å². The fourth-order valence-electron chi connectivity index (χ4n) is 5.93. The highest BCUT2D eigenvalue weighted by Gasteiger charge is 2.46. The van der Waals surface area contributed by atoms with Crippen molar-refractivity contribution in [2.45, 2.75) is 76.8 Å². The van der Waals surface area contributed by atoms with Crippen molar-refractivity contribution in [3.8, 4) is 0 Å². The van der Waals surface area contributed by atoms with Crippen LogP contribution in [-0.2, 0) is 9.59 Å². The van der Waals surface area contributed by atoms with E-state index in [0.717, 1.165) is 50.1 Å². The van der Waals surface area contributed by atoms with E-state index in [1.54, 1.807) is 0 Å². The Morgan fingerprint density at radius 1 is 0.957 bits per heavy atom. The molecule has 3 atom stereocenters. The Hall–Kier alpha value is -1.06. The number of hydrogen-bond acceptors (Lipinski definition) is 2. The number of fused-ring (bicyclic) bond motifs is 1. The summed E-state index contributed by atoms with van der Waals surface area (Å²) in [6, 6.07) is 0.298. The maximum Gasteiger partial charge on any atom is 0.245 e. The average Bonchev–Trinajstić information content (AvgIpc) is 2.92. The highest BCUT2D eigenvalue weighted by atomic mass is 16.2. The lowest BCUT2D eigenvalue weighted by molar-refractivity contribution is -0.145. The molecule has 3 aliphatic heterocycles. The van der Waals surface area contributed by atoms with E-state index in [-0.39, 0.29) is 17.9 Å². The second-order valence-corrected chi connectivity index (χ2v) is 8.42. The maximum atomic E-state index is 13.3. The van der Waals surface area contributed by atoms with Gasteiger partial charge in [-0.05, 0) is 69.1 Å². The third-order valence-corrected chi connectivity index (χ3v) is 6.71. The van der Waals surface area contributed by atoms with Gasteiger partial charge in [-0.1, -0.05) is 6.92 Å². The van der Waals surface area contributed by atoms with E-state index in [9.17, 15) is 9.59 Å². The molecule has 0 N–H and O–H groups in total. The van der Waals surface area contributed by atoms with E-state index in [0.29, 0.717) is 12.5 Å². The molecule has 0 spiro atoms. The van der Waals surface area contributed by atoms with Gasteiger partial charge in [0.25, 0.3) is 0 Å². The number of hydrogen-bond donors (Lipinski definition) is 0. The first-order chi connectivity index (χ1) is 11.2. The van der Waals surface area contributed by atoms with Crippen LogP contribution in [-0.4, -0.2) is 46.8 Å². The molecule has 2 aliphatic carbocycles. The molecule has 4 nitrogen and oxygen atoms in total. The van der Waals surface area contributed by atoms with E-state index in [1.807, 2.05) is 11.8 Å². The Labute approximate surface area is 139 Å². The Morgan fingerprint density at radius 2 is 1.65 bits per heavy atom. The summed E-state index contributed by atoms with van der Waals surface area (Å²) in [5.74, 6) is 2.89. The van der Waals surface area contributed by atoms with E-state index in [1.165, 1.54) is 32.1 Å². The second-order valence-electron chi connectivity index (χ2n) is 8.42. The summed E-state index contributed by atoms with van der Waals surface area (Å²) >= 11 is 0. The highest BCUT2D eigenvalue weighted by Crippen LogP contribution is 2.47. The fraction of sp³-hybridized carbons (Fsp3) is 0.895. The Balaban J connectivity index is 1.51. The lowest BCUT2D eigenvalue weighted by Gasteiger charge is -2.40. The van der Waals surface area contributed by atoms with Crippen LogP contribution in [0.25, 0.3) is 0 Å².